The van der Waals surface area contributed by atoms with E-state index in [9.17, 15) is 21.6 Å². The normalized spacial score (nSPS) is 12.3. The van der Waals surface area contributed by atoms with Crippen LogP contribution >= 0.6 is 23.2 Å². The summed E-state index contributed by atoms with van der Waals surface area (Å²) in [5.74, 6) is -1.21. The van der Waals surface area contributed by atoms with Crippen LogP contribution in [0, 0.1) is 5.82 Å². The second-order valence-corrected chi connectivity index (χ2v) is 9.03. The first-order chi connectivity index (χ1) is 14.3. The van der Waals surface area contributed by atoms with Gasteiger partial charge < -0.3 is 13.7 Å². The lowest BCUT2D eigenvalue weighted by Crippen LogP contribution is -2.28. The van der Waals surface area contributed by atoms with E-state index in [0.29, 0.717) is 11.3 Å². The van der Waals surface area contributed by atoms with Gasteiger partial charge in [-0.1, -0.05) is 43.1 Å². The van der Waals surface area contributed by atoms with Gasteiger partial charge in [0.05, 0.1) is 0 Å². The van der Waals surface area contributed by atoms with Crippen LogP contribution in [-0.4, -0.2) is 27.8 Å². The van der Waals surface area contributed by atoms with Gasteiger partial charge in [0.25, 0.3) is 0 Å². The number of hydrogen-bond donors (Lipinski definition) is 0. The highest BCUT2D eigenvalue weighted by Gasteiger charge is 2.48. The maximum atomic E-state index is 15.2. The molecule has 0 aliphatic carbocycles. The predicted octanol–water partition coefficient (Wildman–Crippen LogP) is 6.06. The lowest BCUT2D eigenvalue weighted by molar-refractivity contribution is -0.0500. The Morgan fingerprint density at radius 2 is 1.68 bits per heavy atom. The van der Waals surface area contributed by atoms with E-state index in [1.54, 1.807) is 19.9 Å². The summed E-state index contributed by atoms with van der Waals surface area (Å²) in [6, 6.07) is 4.74. The van der Waals surface area contributed by atoms with Crippen molar-refractivity contribution in [3.05, 3.63) is 56.8 Å². The average molecular weight is 505 g/mol. The van der Waals surface area contributed by atoms with Crippen LogP contribution in [-0.2, 0) is 21.3 Å². The summed E-state index contributed by atoms with van der Waals surface area (Å²) >= 11 is 12.2. The van der Waals surface area contributed by atoms with Crippen LogP contribution in [0.25, 0.3) is 0 Å². The Balaban J connectivity index is 2.40. The van der Waals surface area contributed by atoms with Crippen molar-refractivity contribution in [1.29, 1.82) is 0 Å². The molecule has 0 spiro atoms. The smallest absolute Gasteiger partial charge is 0.467 e. The first-order valence-corrected chi connectivity index (χ1v) is 10.9. The fourth-order valence-electron chi connectivity index (χ4n) is 2.70. The fourth-order valence-corrected chi connectivity index (χ4v) is 3.75. The van der Waals surface area contributed by atoms with Crippen LogP contribution < -0.4 is 8.92 Å². The molecule has 0 radical (unpaired) electrons. The monoisotopic (exact) mass is 504 g/mol. The maximum absolute atomic E-state index is 15.2. The van der Waals surface area contributed by atoms with Crippen molar-refractivity contribution in [2.75, 3.05) is 13.9 Å². The number of rotatable bonds is 8. The van der Waals surface area contributed by atoms with Crippen LogP contribution in [0.4, 0.5) is 17.6 Å². The third-order valence-corrected chi connectivity index (χ3v) is 5.75. The number of methoxy groups -OCH3 is 1. The molecule has 0 bridgehead atoms. The Labute approximate surface area is 186 Å². The predicted molar refractivity (Wildman–Crippen MR) is 108 cm³/mol. The molecule has 0 aliphatic rings. The zero-order chi connectivity index (χ0) is 23.6. The molecule has 0 atom stereocenters. The maximum Gasteiger partial charge on any atom is 0.534 e. The van der Waals surface area contributed by atoms with E-state index in [4.69, 9.17) is 32.7 Å². The third-order valence-electron chi connectivity index (χ3n) is 4.10. The van der Waals surface area contributed by atoms with Gasteiger partial charge in [0.2, 0.25) is 0 Å². The van der Waals surface area contributed by atoms with E-state index >= 15 is 4.39 Å². The minimum Gasteiger partial charge on any atom is -0.467 e. The SMILES string of the molecule is COCOc1ccc(Cc2c(Cl)cc(OS(=O)(=O)C(F)(F)F)cc2Cl)c(F)c1C(C)C. The van der Waals surface area contributed by atoms with Crippen molar-refractivity contribution >= 4 is 33.3 Å². The standard InChI is InChI=1S/C19H18Cl2F4O5S/c1-10(2)17-16(29-9-28-3)5-4-11(18(17)22)6-13-14(20)7-12(8-15(13)21)30-31(26,27)19(23,24)25/h4-5,7-8,10H,6,9H2,1-3H3. The third kappa shape index (κ3) is 5.94. The number of alkyl halides is 3. The van der Waals surface area contributed by atoms with Gasteiger partial charge in [-0.05, 0) is 23.1 Å². The van der Waals surface area contributed by atoms with Gasteiger partial charge in [0, 0.05) is 41.3 Å². The summed E-state index contributed by atoms with van der Waals surface area (Å²) in [5, 5.41) is -0.379. The van der Waals surface area contributed by atoms with Gasteiger partial charge >= 0.3 is 15.6 Å². The van der Waals surface area contributed by atoms with Gasteiger partial charge in [-0.15, -0.1) is 0 Å². The molecule has 12 heteroatoms. The summed E-state index contributed by atoms with van der Waals surface area (Å²) < 4.78 is 89.3. The highest BCUT2D eigenvalue weighted by atomic mass is 35.5. The van der Waals surface area contributed by atoms with Gasteiger partial charge in [-0.3, -0.25) is 0 Å². The van der Waals surface area contributed by atoms with Crippen LogP contribution in [0.15, 0.2) is 24.3 Å². The molecule has 31 heavy (non-hydrogen) atoms. The van der Waals surface area contributed by atoms with E-state index in [1.165, 1.54) is 13.2 Å². The number of hydrogen-bond acceptors (Lipinski definition) is 5. The lowest BCUT2D eigenvalue weighted by atomic mass is 9.95. The largest absolute Gasteiger partial charge is 0.534 e. The molecule has 0 saturated carbocycles. The molecular formula is C19H18Cl2F4O5S. The Kier molecular flexibility index (Phi) is 8.07. The summed E-state index contributed by atoms with van der Waals surface area (Å²) in [6.45, 7) is 3.47. The Morgan fingerprint density at radius 1 is 1.10 bits per heavy atom. The minimum absolute atomic E-state index is 0.0710. The van der Waals surface area contributed by atoms with Crippen LogP contribution in [0.1, 0.15) is 36.5 Å². The van der Waals surface area contributed by atoms with Crippen molar-refractivity contribution in [3.8, 4) is 11.5 Å². The van der Waals surface area contributed by atoms with Crippen molar-refractivity contribution in [1.82, 2.24) is 0 Å². The molecule has 2 aromatic carbocycles. The highest BCUT2D eigenvalue weighted by molar-refractivity contribution is 7.88. The van der Waals surface area contributed by atoms with Crippen LogP contribution in [0.5, 0.6) is 11.5 Å². The Morgan fingerprint density at radius 3 is 2.16 bits per heavy atom. The average Bonchev–Trinajstić information content (AvgIpc) is 2.62. The molecule has 0 N–H and O–H groups in total. The lowest BCUT2D eigenvalue weighted by Gasteiger charge is -2.18. The van der Waals surface area contributed by atoms with Gasteiger partial charge in [0.1, 0.15) is 17.3 Å². The zero-order valence-electron chi connectivity index (χ0n) is 16.5. The molecular weight excluding hydrogens is 487 g/mol. The zero-order valence-corrected chi connectivity index (χ0v) is 18.8. The first kappa shape index (κ1) is 25.5. The van der Waals surface area contributed by atoms with E-state index in [1.807, 2.05) is 0 Å². The quantitative estimate of drug-likeness (QED) is 0.189. The molecule has 172 valence electrons. The van der Waals surface area contributed by atoms with E-state index in [2.05, 4.69) is 4.18 Å². The van der Waals surface area contributed by atoms with E-state index < -0.39 is 27.2 Å². The van der Waals surface area contributed by atoms with Gasteiger partial charge in [-0.25, -0.2) is 4.39 Å². The van der Waals surface area contributed by atoms with Crippen LogP contribution in [0.2, 0.25) is 10.0 Å². The van der Waals surface area contributed by atoms with Crippen LogP contribution in [0.3, 0.4) is 0 Å². The van der Waals surface area contributed by atoms with E-state index in [0.717, 1.165) is 12.1 Å². The molecule has 0 heterocycles. The van der Waals surface area contributed by atoms with E-state index in [-0.39, 0.29) is 40.3 Å². The minimum atomic E-state index is -5.89. The highest BCUT2D eigenvalue weighted by Crippen LogP contribution is 2.37. The summed E-state index contributed by atoms with van der Waals surface area (Å²) in [5.41, 5.74) is -4.93. The van der Waals surface area contributed by atoms with Gasteiger partial charge in [-0.2, -0.15) is 21.6 Å². The first-order valence-electron chi connectivity index (χ1n) is 8.70. The topological polar surface area (TPSA) is 61.8 Å². The number of benzene rings is 2. The molecule has 2 rings (SSSR count). The van der Waals surface area contributed by atoms with Gasteiger partial charge in [0.15, 0.2) is 6.79 Å². The van der Waals surface area contributed by atoms with Crippen molar-refractivity contribution in [3.63, 3.8) is 0 Å². The molecule has 2 aromatic rings. The van der Waals surface area contributed by atoms with Crippen molar-refractivity contribution in [2.45, 2.75) is 31.7 Å². The molecule has 5 nitrogen and oxygen atoms in total. The summed E-state index contributed by atoms with van der Waals surface area (Å²) in [6.07, 6.45) is -0.111. The number of halogens is 6. The molecule has 0 aliphatic heterocycles. The molecule has 0 aromatic heterocycles. The Hall–Kier alpha value is -1.75. The molecule has 0 amide bonds. The van der Waals surface area contributed by atoms with Crippen molar-refractivity contribution < 1.29 is 39.6 Å². The summed E-state index contributed by atoms with van der Waals surface area (Å²) in [7, 11) is -4.46. The molecule has 0 fully saturated rings. The summed E-state index contributed by atoms with van der Waals surface area (Å²) in [4.78, 5) is 0. The fraction of sp³-hybridized carbons (Fsp3) is 0.368. The second kappa shape index (κ2) is 9.81. The second-order valence-electron chi connectivity index (χ2n) is 6.68. The molecule has 0 saturated heterocycles. The Bertz CT molecular complexity index is 1030. The van der Waals surface area contributed by atoms with Crippen molar-refractivity contribution in [2.24, 2.45) is 0 Å². The molecule has 0 unspecified atom stereocenters. The number of ether oxygens (including phenoxy) is 2.